The fraction of sp³-hybridized carbons (Fsp3) is 0.500. The van der Waals surface area contributed by atoms with Crippen molar-refractivity contribution in [2.24, 2.45) is 5.92 Å². The smallest absolute Gasteiger partial charge is 0.348 e. The van der Waals surface area contributed by atoms with Crippen molar-refractivity contribution in [1.82, 2.24) is 10.6 Å². The van der Waals surface area contributed by atoms with E-state index in [1.165, 1.54) is 0 Å². The minimum atomic E-state index is -4.61. The van der Waals surface area contributed by atoms with Gasteiger partial charge in [0.05, 0.1) is 11.1 Å². The summed E-state index contributed by atoms with van der Waals surface area (Å²) in [5.41, 5.74) is -1.62. The lowest BCUT2D eigenvalue weighted by atomic mass is 9.94. The molecule has 8 heteroatoms. The third-order valence-electron chi connectivity index (χ3n) is 3.68. The van der Waals surface area contributed by atoms with Gasteiger partial charge in [0.2, 0.25) is 0 Å². The quantitative estimate of drug-likeness (QED) is 0.813. The van der Waals surface area contributed by atoms with Crippen LogP contribution < -0.4 is 10.6 Å². The number of rotatable bonds is 2. The number of alkyl halides is 3. The van der Waals surface area contributed by atoms with Crippen molar-refractivity contribution in [3.05, 3.63) is 35.1 Å². The summed E-state index contributed by atoms with van der Waals surface area (Å²) in [6, 6.07) is 1.61. The van der Waals surface area contributed by atoms with E-state index in [-0.39, 0.29) is 24.4 Å². The summed E-state index contributed by atoms with van der Waals surface area (Å²) >= 11 is 0. The van der Waals surface area contributed by atoms with Gasteiger partial charge in [0.25, 0.3) is 5.91 Å². The Hall–Kier alpha value is -1.34. The SMILES string of the molecule is CC1CCNCC1NC(=O)c1cc(C(F)(F)F)ccc1F.Cl. The second-order valence-electron chi connectivity index (χ2n) is 5.24. The van der Waals surface area contributed by atoms with Gasteiger partial charge in [0.1, 0.15) is 5.82 Å². The van der Waals surface area contributed by atoms with Gasteiger partial charge >= 0.3 is 6.18 Å². The fourth-order valence-corrected chi connectivity index (χ4v) is 2.30. The summed E-state index contributed by atoms with van der Waals surface area (Å²) in [6.07, 6.45) is -3.77. The molecule has 0 radical (unpaired) electrons. The highest BCUT2D eigenvalue weighted by molar-refractivity contribution is 5.95. The first-order valence-electron chi connectivity index (χ1n) is 6.67. The third kappa shape index (κ3) is 4.33. The van der Waals surface area contributed by atoms with Crippen LogP contribution >= 0.6 is 12.4 Å². The number of nitrogens with one attached hydrogen (secondary N) is 2. The fourth-order valence-electron chi connectivity index (χ4n) is 2.30. The summed E-state index contributed by atoms with van der Waals surface area (Å²) in [7, 11) is 0. The van der Waals surface area contributed by atoms with Gasteiger partial charge in [0, 0.05) is 12.6 Å². The monoisotopic (exact) mass is 340 g/mol. The van der Waals surface area contributed by atoms with E-state index in [1.54, 1.807) is 0 Å². The molecule has 0 aliphatic carbocycles. The molecule has 2 atom stereocenters. The van der Waals surface area contributed by atoms with Crippen LogP contribution in [-0.4, -0.2) is 25.0 Å². The Morgan fingerprint density at radius 1 is 1.36 bits per heavy atom. The minimum Gasteiger partial charge on any atom is -0.348 e. The Bertz CT molecular complexity index is 536. The maximum Gasteiger partial charge on any atom is 0.416 e. The van der Waals surface area contributed by atoms with Crippen LogP contribution in [0.3, 0.4) is 0 Å². The Kier molecular flexibility index (Phi) is 6.19. The Morgan fingerprint density at radius 3 is 2.64 bits per heavy atom. The molecular weight excluding hydrogens is 324 g/mol. The van der Waals surface area contributed by atoms with Crippen molar-refractivity contribution in [3.8, 4) is 0 Å². The Balaban J connectivity index is 0.00000242. The molecule has 2 N–H and O–H groups in total. The largest absolute Gasteiger partial charge is 0.416 e. The standard InChI is InChI=1S/C14H16F4N2O.ClH/c1-8-4-5-19-7-12(8)20-13(21)10-6-9(14(16,17)18)2-3-11(10)15;/h2-3,6,8,12,19H,4-5,7H2,1H3,(H,20,21);1H. The first kappa shape index (κ1) is 18.7. The number of carbonyl (C=O) groups excluding carboxylic acids is 1. The van der Waals surface area contributed by atoms with Crippen molar-refractivity contribution in [2.45, 2.75) is 25.6 Å². The van der Waals surface area contributed by atoms with Crippen LogP contribution in [0.1, 0.15) is 29.3 Å². The summed E-state index contributed by atoms with van der Waals surface area (Å²) in [6.45, 7) is 3.28. The zero-order valence-electron chi connectivity index (χ0n) is 11.8. The van der Waals surface area contributed by atoms with E-state index in [1.807, 2.05) is 6.92 Å². The number of halogens is 5. The van der Waals surface area contributed by atoms with Gasteiger partial charge < -0.3 is 10.6 Å². The van der Waals surface area contributed by atoms with Crippen molar-refractivity contribution in [2.75, 3.05) is 13.1 Å². The van der Waals surface area contributed by atoms with Gasteiger partial charge in [-0.3, -0.25) is 4.79 Å². The lowest BCUT2D eigenvalue weighted by molar-refractivity contribution is -0.137. The number of amides is 1. The Morgan fingerprint density at radius 2 is 2.05 bits per heavy atom. The molecule has 1 aliphatic rings. The van der Waals surface area contributed by atoms with Crippen LogP contribution in [0.5, 0.6) is 0 Å². The molecule has 1 amide bonds. The average Bonchev–Trinajstić information content (AvgIpc) is 2.40. The molecule has 1 saturated heterocycles. The first-order valence-corrected chi connectivity index (χ1v) is 6.67. The van der Waals surface area contributed by atoms with E-state index in [0.29, 0.717) is 24.7 Å². The second-order valence-corrected chi connectivity index (χ2v) is 5.24. The molecular formula is C14H17ClF4N2O. The summed E-state index contributed by atoms with van der Waals surface area (Å²) < 4.78 is 51.5. The summed E-state index contributed by atoms with van der Waals surface area (Å²) in [5.74, 6) is -1.60. The van der Waals surface area contributed by atoms with Crippen LogP contribution in [0, 0.1) is 11.7 Å². The van der Waals surface area contributed by atoms with Gasteiger partial charge in [0.15, 0.2) is 0 Å². The van der Waals surface area contributed by atoms with Crippen LogP contribution in [0.4, 0.5) is 17.6 Å². The van der Waals surface area contributed by atoms with Crippen LogP contribution in [0.25, 0.3) is 0 Å². The van der Waals surface area contributed by atoms with Crippen LogP contribution in [0.15, 0.2) is 18.2 Å². The molecule has 1 aliphatic heterocycles. The molecule has 1 aromatic carbocycles. The highest BCUT2D eigenvalue weighted by Crippen LogP contribution is 2.30. The van der Waals surface area contributed by atoms with E-state index in [9.17, 15) is 22.4 Å². The van der Waals surface area contributed by atoms with E-state index < -0.39 is 29.0 Å². The van der Waals surface area contributed by atoms with E-state index >= 15 is 0 Å². The molecule has 124 valence electrons. The lowest BCUT2D eigenvalue weighted by Crippen LogP contribution is -2.50. The molecule has 2 rings (SSSR count). The predicted molar refractivity (Wildman–Crippen MR) is 76.6 cm³/mol. The van der Waals surface area contributed by atoms with Crippen molar-refractivity contribution >= 4 is 18.3 Å². The van der Waals surface area contributed by atoms with Gasteiger partial charge in [-0.25, -0.2) is 4.39 Å². The lowest BCUT2D eigenvalue weighted by Gasteiger charge is -2.30. The maximum atomic E-state index is 13.6. The zero-order chi connectivity index (χ0) is 15.6. The predicted octanol–water partition coefficient (Wildman–Crippen LogP) is 2.99. The first-order chi connectivity index (χ1) is 9.79. The van der Waals surface area contributed by atoms with E-state index in [4.69, 9.17) is 0 Å². The number of piperidine rings is 1. The Labute approximate surface area is 131 Å². The van der Waals surface area contributed by atoms with Gasteiger partial charge in [-0.15, -0.1) is 12.4 Å². The van der Waals surface area contributed by atoms with E-state index in [0.717, 1.165) is 13.0 Å². The molecule has 1 aromatic rings. The molecule has 0 saturated carbocycles. The van der Waals surface area contributed by atoms with Crippen LogP contribution in [-0.2, 0) is 6.18 Å². The van der Waals surface area contributed by atoms with E-state index in [2.05, 4.69) is 10.6 Å². The minimum absolute atomic E-state index is 0. The number of hydrogen-bond acceptors (Lipinski definition) is 2. The molecule has 2 unspecified atom stereocenters. The maximum absolute atomic E-state index is 13.6. The number of hydrogen-bond donors (Lipinski definition) is 2. The van der Waals surface area contributed by atoms with Gasteiger partial charge in [-0.2, -0.15) is 13.2 Å². The third-order valence-corrected chi connectivity index (χ3v) is 3.68. The van der Waals surface area contributed by atoms with Gasteiger partial charge in [-0.05, 0) is 37.1 Å². The van der Waals surface area contributed by atoms with Crippen molar-refractivity contribution in [3.63, 3.8) is 0 Å². The summed E-state index contributed by atoms with van der Waals surface area (Å²) in [4.78, 5) is 12.0. The topological polar surface area (TPSA) is 41.1 Å². The normalized spacial score (nSPS) is 21.9. The molecule has 3 nitrogen and oxygen atoms in total. The highest BCUT2D eigenvalue weighted by atomic mass is 35.5. The second kappa shape index (κ2) is 7.28. The van der Waals surface area contributed by atoms with Crippen molar-refractivity contribution in [1.29, 1.82) is 0 Å². The zero-order valence-corrected chi connectivity index (χ0v) is 12.7. The molecule has 0 spiro atoms. The molecule has 0 aromatic heterocycles. The average molecular weight is 341 g/mol. The number of carbonyl (C=O) groups is 1. The molecule has 1 fully saturated rings. The van der Waals surface area contributed by atoms with Crippen LogP contribution in [0.2, 0.25) is 0 Å². The molecule has 22 heavy (non-hydrogen) atoms. The highest BCUT2D eigenvalue weighted by Gasteiger charge is 2.32. The summed E-state index contributed by atoms with van der Waals surface area (Å²) in [5, 5.41) is 5.68. The number of benzene rings is 1. The molecule has 1 heterocycles. The van der Waals surface area contributed by atoms with Crippen molar-refractivity contribution < 1.29 is 22.4 Å². The van der Waals surface area contributed by atoms with Gasteiger partial charge in [-0.1, -0.05) is 6.92 Å². The molecule has 0 bridgehead atoms.